The summed E-state index contributed by atoms with van der Waals surface area (Å²) >= 11 is 0. The summed E-state index contributed by atoms with van der Waals surface area (Å²) < 4.78 is 6.28. The van der Waals surface area contributed by atoms with Crippen molar-refractivity contribution in [3.63, 3.8) is 0 Å². The summed E-state index contributed by atoms with van der Waals surface area (Å²) in [7, 11) is 1.37. The first kappa shape index (κ1) is 18.8. The number of hydrogen-bond acceptors (Lipinski definition) is 7. The van der Waals surface area contributed by atoms with Crippen LogP contribution in [0.3, 0.4) is 0 Å². The molecular weight excluding hydrogens is 308 g/mol. The Morgan fingerprint density at radius 2 is 2.08 bits per heavy atom. The Kier molecular flexibility index (Phi) is 7.11. The van der Waals surface area contributed by atoms with Crippen molar-refractivity contribution in [3.8, 4) is 0 Å². The van der Waals surface area contributed by atoms with E-state index in [4.69, 9.17) is 10.5 Å². The zero-order valence-electron chi connectivity index (χ0n) is 14.9. The van der Waals surface area contributed by atoms with Crippen LogP contribution < -0.4 is 11.1 Å². The number of nitrogens with two attached hydrogens (primary N) is 1. The van der Waals surface area contributed by atoms with Crippen molar-refractivity contribution >= 4 is 5.97 Å². The lowest BCUT2D eigenvalue weighted by Crippen LogP contribution is -2.50. The maximum Gasteiger partial charge on any atom is 0.327 e. The first-order chi connectivity index (χ1) is 11.6. The molecule has 8 nitrogen and oxygen atoms in total. The highest BCUT2D eigenvalue weighted by Crippen LogP contribution is 2.28. The highest BCUT2D eigenvalue weighted by Gasteiger charge is 2.31. The molecule has 1 aliphatic rings. The van der Waals surface area contributed by atoms with E-state index in [0.29, 0.717) is 11.7 Å². The number of esters is 1. The number of nitrogens with zero attached hydrogens (tertiary/aromatic N) is 4. The van der Waals surface area contributed by atoms with Gasteiger partial charge in [0.25, 0.3) is 0 Å². The molecule has 3 unspecified atom stereocenters. The summed E-state index contributed by atoms with van der Waals surface area (Å²) in [6.45, 7) is 4.35. The van der Waals surface area contributed by atoms with E-state index in [1.165, 1.54) is 24.6 Å². The number of rotatable bonds is 8. The Hall–Kier alpha value is -1.54. The molecule has 1 saturated carbocycles. The molecule has 0 saturated heterocycles. The molecule has 0 spiro atoms. The maximum atomic E-state index is 11.6. The van der Waals surface area contributed by atoms with Crippen molar-refractivity contribution in [2.75, 3.05) is 7.11 Å². The van der Waals surface area contributed by atoms with Crippen LogP contribution in [0.15, 0.2) is 0 Å². The van der Waals surface area contributed by atoms with Crippen molar-refractivity contribution in [2.45, 2.75) is 77.0 Å². The van der Waals surface area contributed by atoms with Gasteiger partial charge in [-0.3, -0.25) is 4.79 Å². The topological polar surface area (TPSA) is 108 Å². The van der Waals surface area contributed by atoms with Gasteiger partial charge in [0.15, 0.2) is 5.82 Å². The summed E-state index contributed by atoms with van der Waals surface area (Å²) in [5.74, 6) is 0.703. The van der Waals surface area contributed by atoms with Crippen molar-refractivity contribution in [1.29, 1.82) is 0 Å². The zero-order chi connectivity index (χ0) is 17.5. The molecule has 0 radical (unpaired) electrons. The summed E-state index contributed by atoms with van der Waals surface area (Å²) in [6, 6.07) is 0.391. The number of methoxy groups -OCH3 is 1. The lowest BCUT2D eigenvalue weighted by Gasteiger charge is -2.35. The van der Waals surface area contributed by atoms with Gasteiger partial charge in [-0.05, 0) is 29.2 Å². The van der Waals surface area contributed by atoms with E-state index >= 15 is 0 Å². The minimum atomic E-state index is -0.360. The van der Waals surface area contributed by atoms with E-state index in [9.17, 15) is 4.79 Å². The van der Waals surface area contributed by atoms with Gasteiger partial charge in [0.1, 0.15) is 6.54 Å². The number of tetrazole rings is 1. The van der Waals surface area contributed by atoms with E-state index in [2.05, 4.69) is 34.7 Å². The molecule has 3 N–H and O–H groups in total. The average Bonchev–Trinajstić information content (AvgIpc) is 3.04. The van der Waals surface area contributed by atoms with Crippen LogP contribution >= 0.6 is 0 Å². The van der Waals surface area contributed by atoms with Gasteiger partial charge < -0.3 is 15.8 Å². The summed E-state index contributed by atoms with van der Waals surface area (Å²) in [6.07, 6.45) is 6.49. The highest BCUT2D eigenvalue weighted by molar-refractivity contribution is 5.68. The van der Waals surface area contributed by atoms with Crippen LogP contribution in [0.2, 0.25) is 0 Å². The predicted octanol–water partition coefficient (Wildman–Crippen LogP) is 1.18. The molecule has 1 aromatic rings. The summed E-state index contributed by atoms with van der Waals surface area (Å²) in [5.41, 5.74) is 6.31. The van der Waals surface area contributed by atoms with Gasteiger partial charge in [-0.1, -0.05) is 39.5 Å². The Bertz CT molecular complexity index is 516. The summed E-state index contributed by atoms with van der Waals surface area (Å²) in [4.78, 5) is 11.6. The zero-order valence-corrected chi connectivity index (χ0v) is 14.9. The van der Waals surface area contributed by atoms with Crippen molar-refractivity contribution < 1.29 is 9.53 Å². The van der Waals surface area contributed by atoms with E-state index < -0.39 is 0 Å². The van der Waals surface area contributed by atoms with Crippen molar-refractivity contribution in [3.05, 3.63) is 5.82 Å². The number of nitrogens with one attached hydrogen (secondary N) is 1. The Labute approximate surface area is 143 Å². The van der Waals surface area contributed by atoms with E-state index in [1.807, 2.05) is 0 Å². The van der Waals surface area contributed by atoms with Gasteiger partial charge in [0.05, 0.1) is 13.2 Å². The predicted molar refractivity (Wildman–Crippen MR) is 90.0 cm³/mol. The Morgan fingerprint density at radius 3 is 2.71 bits per heavy atom. The molecule has 1 aromatic heterocycles. The first-order valence-electron chi connectivity index (χ1n) is 8.95. The van der Waals surface area contributed by atoms with Crippen LogP contribution in [0.5, 0.6) is 0 Å². The van der Waals surface area contributed by atoms with Gasteiger partial charge in [-0.25, -0.2) is 4.68 Å². The Balaban J connectivity index is 2.23. The largest absolute Gasteiger partial charge is 0.468 e. The number of carbonyl (C=O) groups excluding carboxylic acids is 1. The van der Waals surface area contributed by atoms with E-state index in [-0.39, 0.29) is 30.6 Å². The molecule has 1 aliphatic carbocycles. The van der Waals surface area contributed by atoms with Gasteiger partial charge >= 0.3 is 5.97 Å². The number of hydrogen-bond donors (Lipinski definition) is 2. The third-order valence-electron chi connectivity index (χ3n) is 5.08. The van der Waals surface area contributed by atoms with Crippen LogP contribution in [0.25, 0.3) is 0 Å². The third kappa shape index (κ3) is 4.51. The van der Waals surface area contributed by atoms with Crippen LogP contribution in [-0.4, -0.2) is 45.4 Å². The van der Waals surface area contributed by atoms with Crippen molar-refractivity contribution in [2.24, 2.45) is 11.7 Å². The van der Waals surface area contributed by atoms with Crippen LogP contribution in [0.4, 0.5) is 0 Å². The fourth-order valence-corrected chi connectivity index (χ4v) is 3.51. The molecule has 24 heavy (non-hydrogen) atoms. The highest BCUT2D eigenvalue weighted by atomic mass is 16.5. The van der Waals surface area contributed by atoms with Crippen LogP contribution in [0, 0.1) is 5.92 Å². The quantitative estimate of drug-likeness (QED) is 0.685. The smallest absolute Gasteiger partial charge is 0.327 e. The Morgan fingerprint density at radius 1 is 1.38 bits per heavy atom. The minimum absolute atomic E-state index is 0.0196. The van der Waals surface area contributed by atoms with Gasteiger partial charge in [-0.15, -0.1) is 5.10 Å². The van der Waals surface area contributed by atoms with Crippen molar-refractivity contribution in [1.82, 2.24) is 25.5 Å². The fourth-order valence-electron chi connectivity index (χ4n) is 3.51. The molecule has 0 bridgehead atoms. The standard InChI is InChI=1S/C16H30N6O2/c1-4-11(5-2)15(18-13-9-7-6-8-12(13)17)16-19-20-21-22(16)10-14(23)24-3/h11-13,15,18H,4-10,17H2,1-3H3. The van der Waals surface area contributed by atoms with E-state index in [0.717, 1.165) is 25.7 Å². The molecule has 0 aliphatic heterocycles. The molecule has 0 amide bonds. The molecule has 8 heteroatoms. The third-order valence-corrected chi connectivity index (χ3v) is 5.08. The second-order valence-electron chi connectivity index (χ2n) is 6.55. The molecule has 136 valence electrons. The minimum Gasteiger partial charge on any atom is -0.468 e. The first-order valence-corrected chi connectivity index (χ1v) is 8.95. The summed E-state index contributed by atoms with van der Waals surface area (Å²) in [5, 5.41) is 15.7. The molecule has 0 aromatic carbocycles. The second kappa shape index (κ2) is 9.08. The number of carbonyl (C=O) groups is 1. The SMILES string of the molecule is CCC(CC)C(NC1CCCCC1N)c1nnnn1CC(=O)OC. The van der Waals surface area contributed by atoms with Gasteiger partial charge in [-0.2, -0.15) is 0 Å². The molecular formula is C16H30N6O2. The average molecular weight is 338 g/mol. The second-order valence-corrected chi connectivity index (χ2v) is 6.55. The molecule has 1 fully saturated rings. The van der Waals surface area contributed by atoms with E-state index in [1.54, 1.807) is 0 Å². The monoisotopic (exact) mass is 338 g/mol. The lowest BCUT2D eigenvalue weighted by atomic mass is 9.87. The van der Waals surface area contributed by atoms with Crippen LogP contribution in [0.1, 0.15) is 64.2 Å². The van der Waals surface area contributed by atoms with Crippen LogP contribution in [-0.2, 0) is 16.1 Å². The van der Waals surface area contributed by atoms with Gasteiger partial charge in [0, 0.05) is 12.1 Å². The maximum absolute atomic E-state index is 11.6. The molecule has 2 rings (SSSR count). The lowest BCUT2D eigenvalue weighted by molar-refractivity contribution is -0.141. The number of aromatic nitrogens is 4. The number of ether oxygens (including phenoxy) is 1. The fraction of sp³-hybridized carbons (Fsp3) is 0.875. The molecule has 3 atom stereocenters. The van der Waals surface area contributed by atoms with Gasteiger partial charge in [0.2, 0.25) is 0 Å². The normalized spacial score (nSPS) is 22.5. The molecule has 1 heterocycles.